The minimum Gasteiger partial charge on any atom is -0.423 e. The van der Waals surface area contributed by atoms with Crippen molar-refractivity contribution in [1.82, 2.24) is 0 Å². The smallest absolute Gasteiger partial charge is 0.423 e. The molecule has 0 heterocycles. The van der Waals surface area contributed by atoms with Crippen LogP contribution in [-0.4, -0.2) is 26.0 Å². The summed E-state index contributed by atoms with van der Waals surface area (Å²) in [7, 11) is 4.58. The van der Waals surface area contributed by atoms with Crippen LogP contribution in [0.1, 0.15) is 23.5 Å². The Labute approximate surface area is 478 Å². The molecule has 13 aromatic rings. The highest BCUT2D eigenvalue weighted by atomic mass is 79.9. The average Bonchev–Trinajstić information content (AvgIpc) is 3.66. The van der Waals surface area contributed by atoms with Crippen LogP contribution in [0.5, 0.6) is 0 Å². The first-order valence-electron chi connectivity index (χ1n) is 26.4. The van der Waals surface area contributed by atoms with Gasteiger partial charge in [0.2, 0.25) is 0 Å². The Kier molecular flexibility index (Phi) is 14.8. The third-order valence-corrected chi connectivity index (χ3v) is 16.3. The summed E-state index contributed by atoms with van der Waals surface area (Å²) in [6.45, 7) is 0. The molecule has 0 aromatic heterocycles. The third-order valence-electron chi connectivity index (χ3n) is 15.3. The molecule has 78 heavy (non-hydrogen) atoms. The Bertz CT molecular complexity index is 4350. The second kappa shape index (κ2) is 22.8. The van der Waals surface area contributed by atoms with E-state index in [4.69, 9.17) is 8.84 Å². The molecule has 0 bridgehead atoms. The molecule has 8 heteroatoms. The highest BCUT2D eigenvalue weighted by Gasteiger charge is 2.24. The predicted molar refractivity (Wildman–Crippen MR) is 351 cm³/mol. The van der Waals surface area contributed by atoms with Gasteiger partial charge in [-0.25, -0.2) is 0 Å². The maximum atomic E-state index is 9.51. The summed E-state index contributed by atoms with van der Waals surface area (Å²) >= 11 is 6.84. The number of fused-ring (bicyclic) bond motifs is 3. The van der Waals surface area contributed by atoms with Crippen molar-refractivity contribution in [3.05, 3.63) is 274 Å². The summed E-state index contributed by atoms with van der Waals surface area (Å²) in [5.41, 5.74) is 14.9. The van der Waals surface area contributed by atoms with Gasteiger partial charge >= 0.3 is 7.12 Å². The van der Waals surface area contributed by atoms with E-state index >= 15 is 0 Å². The highest BCUT2D eigenvalue weighted by Crippen LogP contribution is 2.43. The van der Waals surface area contributed by atoms with Gasteiger partial charge < -0.3 is 10.0 Å². The van der Waals surface area contributed by atoms with Crippen molar-refractivity contribution >= 4 is 140 Å². The molecule has 372 valence electrons. The number of hydrogen-bond acceptors (Lipinski definition) is 2. The monoisotopic (exact) mass is 1170 g/mol. The Morgan fingerprint density at radius 1 is 0.462 bits per heavy atom. The van der Waals surface area contributed by atoms with E-state index in [1.54, 1.807) is 6.07 Å². The Morgan fingerprint density at radius 2 is 0.872 bits per heavy atom. The summed E-state index contributed by atoms with van der Waals surface area (Å²) in [4.78, 5) is 0. The average molecular weight is 1170 g/mol. The second-order valence-electron chi connectivity index (χ2n) is 19.7. The Morgan fingerprint density at radius 3 is 1.40 bits per heavy atom. The van der Waals surface area contributed by atoms with Gasteiger partial charge in [0, 0.05) is 14.9 Å². The number of rotatable bonds is 5. The van der Waals surface area contributed by atoms with Crippen LogP contribution >= 0.6 is 48.9 Å². The van der Waals surface area contributed by atoms with Crippen molar-refractivity contribution < 1.29 is 10.0 Å². The van der Waals surface area contributed by atoms with E-state index in [-0.39, 0.29) is 0 Å². The van der Waals surface area contributed by atoms with Crippen LogP contribution in [0.4, 0.5) is 0 Å². The van der Waals surface area contributed by atoms with E-state index < -0.39 is 15.2 Å². The van der Waals surface area contributed by atoms with Crippen LogP contribution in [0.25, 0.3) is 115 Å². The molecule has 0 amide bonds. The summed E-state index contributed by atoms with van der Waals surface area (Å²) < 4.78 is 8.61. The van der Waals surface area contributed by atoms with E-state index in [0.29, 0.717) is 11.4 Å². The number of allylic oxidation sites excluding steroid dienone is 5. The molecule has 3 unspecified atom stereocenters. The fourth-order valence-corrected chi connectivity index (χ4v) is 12.1. The molecular formula is C70H50B2Br2O2P2. The van der Waals surface area contributed by atoms with Crippen LogP contribution in [0.3, 0.4) is 0 Å². The lowest BCUT2D eigenvalue weighted by Gasteiger charge is -2.27. The van der Waals surface area contributed by atoms with E-state index in [1.165, 1.54) is 110 Å². The molecule has 0 fully saturated rings. The molecule has 0 saturated carbocycles. The number of hydrogen-bond donors (Lipinski definition) is 2. The maximum Gasteiger partial charge on any atom is 0.489 e. The van der Waals surface area contributed by atoms with Gasteiger partial charge in [0.15, 0.2) is 0 Å². The molecule has 2 N–H and O–H groups in total. The van der Waals surface area contributed by atoms with Gasteiger partial charge in [0.1, 0.15) is 7.57 Å². The standard InChI is InChI=1S/C42H28.C16H11BO2.C12H8Br2.BH3P2/c1-2-8-35-29(5-1)21-25-39-36(9-4-10-38(35)39)30-15-11-27(12-16-30)28-13-17-31(18-14-28)37-24-22-34-20-19-32-6-3-7-33-23-26-40(37)42(34)41(32)33;18-17(19)14-9-7-12-5-4-10-2-1-3-11-6-8-13(14)16(12)15(10)11;13-11-5-1-9(2-6-11)10-3-7-12(14)8-4-10;1-3-2/h1-7,9-26,35H,8H2;1-9,18-19H;1-8H;3H,2H2/i;;;3D. The zero-order valence-electron chi connectivity index (χ0n) is 43.4. The quantitative estimate of drug-likeness (QED) is 0.102. The van der Waals surface area contributed by atoms with Crippen molar-refractivity contribution in [1.29, 1.82) is 1.28 Å². The van der Waals surface area contributed by atoms with E-state index in [9.17, 15) is 10.0 Å². The number of benzene rings is 13. The lowest BCUT2D eigenvalue weighted by atomic mass is 9.75. The molecular weight excluding hydrogens is 1120 g/mol. The first-order chi connectivity index (χ1) is 38.6. The van der Waals surface area contributed by atoms with Crippen molar-refractivity contribution in [2.45, 2.75) is 12.3 Å². The van der Waals surface area contributed by atoms with Crippen molar-refractivity contribution in [2.75, 3.05) is 0 Å². The molecule has 2 aliphatic rings. The topological polar surface area (TPSA) is 40.5 Å². The van der Waals surface area contributed by atoms with E-state index in [1.807, 2.05) is 24.3 Å². The van der Waals surface area contributed by atoms with Crippen LogP contribution in [0.2, 0.25) is 0 Å². The maximum absolute atomic E-state index is 9.51. The molecule has 3 atom stereocenters. The van der Waals surface area contributed by atoms with Crippen LogP contribution in [-0.2, 0) is 0 Å². The molecule has 0 spiro atoms. The summed E-state index contributed by atoms with van der Waals surface area (Å²) in [6, 6.07) is 79.9. The first kappa shape index (κ1) is 50.5. The minimum absolute atomic E-state index is 0.473. The summed E-state index contributed by atoms with van der Waals surface area (Å²) in [6.07, 6.45) is 12.4. The molecule has 15 rings (SSSR count). The molecule has 0 saturated heterocycles. The van der Waals surface area contributed by atoms with Crippen LogP contribution in [0.15, 0.2) is 263 Å². The summed E-state index contributed by atoms with van der Waals surface area (Å²) in [5.74, 6) is 0.473. The van der Waals surface area contributed by atoms with E-state index in [0.717, 1.165) is 31.5 Å². The zero-order chi connectivity index (χ0) is 54.1. The lowest BCUT2D eigenvalue weighted by Crippen LogP contribution is -2.30. The normalized spacial score (nSPS) is 13.9. The third kappa shape index (κ3) is 10.2. The van der Waals surface area contributed by atoms with Gasteiger partial charge in [-0.2, -0.15) is 8.09 Å². The lowest BCUT2D eigenvalue weighted by molar-refractivity contribution is 0.426. The van der Waals surface area contributed by atoms with Gasteiger partial charge in [-0.3, -0.25) is 0 Å². The largest absolute Gasteiger partial charge is 0.489 e. The van der Waals surface area contributed by atoms with Crippen molar-refractivity contribution in [3.8, 4) is 44.5 Å². The molecule has 2 aliphatic carbocycles. The SMILES string of the molecule is Brc1ccc(-c2ccc(Br)cc2)cc1.C1=CCC2C(=C1)C=Cc1c(-c3ccc(-c4ccc(-c5ccc6ccc7cccc8ccc5c6c78)cc4)cc3)cccc12.OB(O)c1ccc2ccc3cccc4ccc1c2c34.[2H]P([B])P. The zero-order valence-corrected chi connectivity index (χ0v) is 47.6. The fourth-order valence-electron chi connectivity index (χ4n) is 11.6. The first-order valence-corrected chi connectivity index (χ1v) is 30.1. The van der Waals surface area contributed by atoms with Gasteiger partial charge in [-0.15, -0.1) is 8.93 Å². The number of halogens is 2. The minimum atomic E-state index is -1.44. The van der Waals surface area contributed by atoms with Crippen LogP contribution in [0, 0.1) is 0 Å². The predicted octanol–water partition coefficient (Wildman–Crippen LogP) is 19.3. The van der Waals surface area contributed by atoms with Gasteiger partial charge in [0.05, 0.1) is 1.28 Å². The van der Waals surface area contributed by atoms with Crippen molar-refractivity contribution in [2.24, 2.45) is 0 Å². The van der Waals surface area contributed by atoms with Crippen molar-refractivity contribution in [3.63, 3.8) is 0 Å². The van der Waals surface area contributed by atoms with Gasteiger partial charge in [-0.05, 0) is 162 Å². The molecule has 2 nitrogen and oxygen atoms in total. The Hall–Kier alpha value is -6.97. The molecule has 0 aliphatic heterocycles. The highest BCUT2D eigenvalue weighted by molar-refractivity contribution is 9.10. The fraction of sp³-hybridized carbons (Fsp3) is 0.0286. The molecule has 13 aromatic carbocycles. The second-order valence-corrected chi connectivity index (χ2v) is 22.7. The van der Waals surface area contributed by atoms with Crippen LogP contribution < -0.4 is 5.46 Å². The van der Waals surface area contributed by atoms with Gasteiger partial charge in [0.25, 0.3) is 0 Å². The van der Waals surface area contributed by atoms with Gasteiger partial charge in [-0.1, -0.05) is 262 Å². The van der Waals surface area contributed by atoms with E-state index in [2.05, 4.69) is 265 Å². The summed E-state index contributed by atoms with van der Waals surface area (Å²) in [5, 5.41) is 33.7. The Balaban J connectivity index is 0.000000138. The molecule has 2 radical (unpaired) electrons.